The molecule has 4 nitrogen and oxygen atoms in total. The maximum Gasteiger partial charge on any atom is 0.228 e. The van der Waals surface area contributed by atoms with E-state index in [0.29, 0.717) is 10.6 Å². The van der Waals surface area contributed by atoms with Crippen LogP contribution in [0, 0.1) is 5.82 Å². The maximum absolute atomic E-state index is 13.2. The maximum atomic E-state index is 13.2. The smallest absolute Gasteiger partial charge is 0.228 e. The molecule has 0 unspecified atom stereocenters. The Bertz CT molecular complexity index is 782. The highest BCUT2D eigenvalue weighted by Gasteiger charge is 2.38. The summed E-state index contributed by atoms with van der Waals surface area (Å²) in [5, 5.41) is 11.5. The molecule has 0 radical (unpaired) electrons. The number of amides is 1. The second kappa shape index (κ2) is 7.45. The first-order valence-electron chi connectivity index (χ1n) is 7.59. The fourth-order valence-corrected chi connectivity index (χ4v) is 4.31. The predicted molar refractivity (Wildman–Crippen MR) is 92.4 cm³/mol. The number of thioether (sulfide) groups is 1. The van der Waals surface area contributed by atoms with Crippen molar-refractivity contribution in [3.63, 3.8) is 0 Å². The Morgan fingerprint density at radius 3 is 2.40 bits per heavy atom. The highest BCUT2D eigenvalue weighted by molar-refractivity contribution is 7.99. The van der Waals surface area contributed by atoms with E-state index in [4.69, 9.17) is 11.6 Å². The number of hydrogen-bond donors (Lipinski definition) is 0. The average molecular weight is 379 g/mol. The molecular formula is C18H14ClFNO3S-. The number of rotatable bonds is 4. The van der Waals surface area contributed by atoms with Crippen molar-refractivity contribution in [2.75, 3.05) is 5.75 Å². The van der Waals surface area contributed by atoms with E-state index in [1.165, 1.54) is 28.8 Å². The summed E-state index contributed by atoms with van der Waals surface area (Å²) in [4.78, 5) is 25.5. The van der Waals surface area contributed by atoms with E-state index >= 15 is 0 Å². The van der Waals surface area contributed by atoms with Crippen LogP contribution in [0.25, 0.3) is 0 Å². The van der Waals surface area contributed by atoms with E-state index in [0.717, 1.165) is 5.56 Å². The number of nitrogens with zero attached hydrogens (tertiary/aromatic N) is 1. The first kappa shape index (κ1) is 17.8. The molecule has 0 bridgehead atoms. The molecule has 1 aliphatic heterocycles. The van der Waals surface area contributed by atoms with Gasteiger partial charge in [-0.05, 0) is 35.4 Å². The molecule has 0 aliphatic carbocycles. The molecule has 2 aromatic rings. The molecule has 0 saturated carbocycles. The lowest BCUT2D eigenvalue weighted by molar-refractivity contribution is -0.310. The van der Waals surface area contributed by atoms with Gasteiger partial charge in [0.2, 0.25) is 5.91 Å². The zero-order valence-electron chi connectivity index (χ0n) is 13.0. The minimum absolute atomic E-state index is 0.0548. The van der Waals surface area contributed by atoms with Crippen molar-refractivity contribution in [3.8, 4) is 0 Å². The minimum atomic E-state index is -1.29. The summed E-state index contributed by atoms with van der Waals surface area (Å²) in [6.45, 7) is 0. The topological polar surface area (TPSA) is 60.4 Å². The predicted octanol–water partition coefficient (Wildman–Crippen LogP) is 2.41. The van der Waals surface area contributed by atoms with E-state index in [2.05, 4.69) is 0 Å². The zero-order chi connectivity index (χ0) is 18.0. The zero-order valence-corrected chi connectivity index (χ0v) is 14.6. The van der Waals surface area contributed by atoms with Crippen LogP contribution in [0.15, 0.2) is 48.5 Å². The van der Waals surface area contributed by atoms with E-state index < -0.39 is 17.4 Å². The van der Waals surface area contributed by atoms with E-state index in [9.17, 15) is 19.1 Å². The Kier molecular flexibility index (Phi) is 5.30. The third kappa shape index (κ3) is 3.96. The Hall–Kier alpha value is -2.05. The number of carboxylic acid groups (broad SMARTS) is 1. The van der Waals surface area contributed by atoms with Gasteiger partial charge in [-0.2, -0.15) is 0 Å². The summed E-state index contributed by atoms with van der Waals surface area (Å²) in [5.74, 6) is -1.77. The van der Waals surface area contributed by atoms with Gasteiger partial charge < -0.3 is 14.8 Å². The fourth-order valence-electron chi connectivity index (χ4n) is 2.74. The third-order valence-corrected chi connectivity index (χ3v) is 5.56. The summed E-state index contributed by atoms with van der Waals surface area (Å²) in [6.07, 6.45) is 0.0548. The van der Waals surface area contributed by atoms with Gasteiger partial charge in [0.25, 0.3) is 0 Å². The molecular weight excluding hydrogens is 365 g/mol. The largest absolute Gasteiger partial charge is 0.548 e. The summed E-state index contributed by atoms with van der Waals surface area (Å²) < 4.78 is 13.2. The normalized spacial score (nSPS) is 19.8. The number of hydrogen-bond acceptors (Lipinski definition) is 4. The van der Waals surface area contributed by atoms with Gasteiger partial charge in [0.15, 0.2) is 0 Å². The van der Waals surface area contributed by atoms with Crippen molar-refractivity contribution in [2.24, 2.45) is 0 Å². The SMILES string of the molecule is O=C([O-])[C@H]1CS[C@@H](c2ccc(F)cc2)N1C(=O)Cc1ccc(Cl)cc1. The molecule has 3 rings (SSSR count). The Morgan fingerprint density at radius 2 is 1.80 bits per heavy atom. The van der Waals surface area contributed by atoms with Crippen LogP contribution in [-0.4, -0.2) is 28.6 Å². The van der Waals surface area contributed by atoms with Crippen LogP contribution >= 0.6 is 23.4 Å². The van der Waals surface area contributed by atoms with Crippen molar-refractivity contribution in [1.82, 2.24) is 4.90 Å². The molecule has 7 heteroatoms. The van der Waals surface area contributed by atoms with Gasteiger partial charge >= 0.3 is 0 Å². The molecule has 2 atom stereocenters. The van der Waals surface area contributed by atoms with Gasteiger partial charge in [-0.1, -0.05) is 35.9 Å². The first-order valence-corrected chi connectivity index (χ1v) is 9.02. The Morgan fingerprint density at radius 1 is 1.16 bits per heavy atom. The second-order valence-electron chi connectivity index (χ2n) is 5.68. The lowest BCUT2D eigenvalue weighted by atomic mass is 10.1. The second-order valence-corrected chi connectivity index (χ2v) is 7.23. The van der Waals surface area contributed by atoms with E-state index in [-0.39, 0.29) is 23.9 Å². The molecule has 1 fully saturated rings. The monoisotopic (exact) mass is 378 g/mol. The molecule has 0 aromatic heterocycles. The van der Waals surface area contributed by atoms with E-state index in [1.807, 2.05) is 0 Å². The highest BCUT2D eigenvalue weighted by Crippen LogP contribution is 2.41. The molecule has 130 valence electrons. The van der Waals surface area contributed by atoms with E-state index in [1.54, 1.807) is 36.4 Å². The van der Waals surface area contributed by atoms with Gasteiger partial charge in [-0.25, -0.2) is 4.39 Å². The van der Waals surface area contributed by atoms with Gasteiger partial charge in [0, 0.05) is 10.8 Å². The number of carbonyl (C=O) groups is 2. The van der Waals surface area contributed by atoms with Crippen LogP contribution in [0.4, 0.5) is 4.39 Å². The number of aliphatic carboxylic acids is 1. The van der Waals surface area contributed by atoms with Crippen LogP contribution in [0.1, 0.15) is 16.5 Å². The summed E-state index contributed by atoms with van der Waals surface area (Å²) in [7, 11) is 0. The van der Waals surface area contributed by atoms with Gasteiger partial charge in [-0.15, -0.1) is 11.8 Å². The molecule has 0 N–H and O–H groups in total. The first-order chi connectivity index (χ1) is 12.0. The van der Waals surface area contributed by atoms with Crippen LogP contribution in [0.3, 0.4) is 0 Å². The van der Waals surface area contributed by atoms with Crippen LogP contribution in [0.5, 0.6) is 0 Å². The Balaban J connectivity index is 1.86. The standard InChI is InChI=1S/C18H15ClFNO3S/c19-13-5-1-11(2-6-13)9-16(22)21-15(18(23)24)10-25-17(21)12-3-7-14(20)8-4-12/h1-8,15,17H,9-10H2,(H,23,24)/p-1/t15-,17+/m1/s1. The van der Waals surface area contributed by atoms with Crippen molar-refractivity contribution < 1.29 is 19.1 Å². The van der Waals surface area contributed by atoms with Crippen molar-refractivity contribution in [1.29, 1.82) is 0 Å². The third-order valence-electron chi connectivity index (χ3n) is 3.98. The number of carbonyl (C=O) groups excluding carboxylic acids is 2. The average Bonchev–Trinajstić information content (AvgIpc) is 3.03. The highest BCUT2D eigenvalue weighted by atomic mass is 35.5. The number of halogens is 2. The lowest BCUT2D eigenvalue weighted by Crippen LogP contribution is -2.49. The van der Waals surface area contributed by atoms with Crippen molar-refractivity contribution in [2.45, 2.75) is 17.8 Å². The van der Waals surface area contributed by atoms with Gasteiger partial charge in [0.05, 0.1) is 18.4 Å². The quantitative estimate of drug-likeness (QED) is 0.819. The van der Waals surface area contributed by atoms with Crippen LogP contribution < -0.4 is 5.11 Å². The van der Waals surface area contributed by atoms with Crippen molar-refractivity contribution >= 4 is 35.2 Å². The molecule has 1 aliphatic rings. The van der Waals surface area contributed by atoms with Gasteiger partial charge in [-0.3, -0.25) is 4.79 Å². The molecule has 1 amide bonds. The summed E-state index contributed by atoms with van der Waals surface area (Å²) >= 11 is 7.17. The molecule has 2 aromatic carbocycles. The molecule has 1 saturated heterocycles. The number of benzene rings is 2. The minimum Gasteiger partial charge on any atom is -0.548 e. The van der Waals surface area contributed by atoms with Gasteiger partial charge in [0.1, 0.15) is 11.2 Å². The molecule has 0 spiro atoms. The molecule has 25 heavy (non-hydrogen) atoms. The van der Waals surface area contributed by atoms with Crippen LogP contribution in [0.2, 0.25) is 5.02 Å². The molecule has 1 heterocycles. The van der Waals surface area contributed by atoms with Crippen LogP contribution in [-0.2, 0) is 16.0 Å². The fraction of sp³-hybridized carbons (Fsp3) is 0.222. The Labute approximate surface area is 153 Å². The summed E-state index contributed by atoms with van der Waals surface area (Å²) in [5.41, 5.74) is 1.42. The van der Waals surface area contributed by atoms with Crippen molar-refractivity contribution in [3.05, 3.63) is 70.5 Å². The number of carboxylic acids is 1. The lowest BCUT2D eigenvalue weighted by Gasteiger charge is -2.30. The summed E-state index contributed by atoms with van der Waals surface area (Å²) in [6, 6.07) is 11.5.